The smallest absolute Gasteiger partial charge is 0.251 e. The third-order valence-corrected chi connectivity index (χ3v) is 7.44. The molecule has 1 saturated heterocycles. The maximum atomic E-state index is 14.3. The lowest BCUT2D eigenvalue weighted by molar-refractivity contribution is 0.0889. The number of hydrogen-bond donors (Lipinski definition) is 1. The van der Waals surface area contributed by atoms with Gasteiger partial charge in [0.2, 0.25) is 5.75 Å². The highest BCUT2D eigenvalue weighted by Crippen LogP contribution is 2.38. The predicted molar refractivity (Wildman–Crippen MR) is 140 cm³/mol. The van der Waals surface area contributed by atoms with E-state index in [9.17, 15) is 9.18 Å². The van der Waals surface area contributed by atoms with E-state index in [1.165, 1.54) is 32.3 Å². The van der Waals surface area contributed by atoms with Crippen LogP contribution >= 0.6 is 11.3 Å². The molecule has 36 heavy (non-hydrogen) atoms. The highest BCUT2D eigenvalue weighted by Gasteiger charge is 2.32. The normalized spacial score (nSPS) is 15.8. The van der Waals surface area contributed by atoms with Crippen LogP contribution in [0.1, 0.15) is 28.2 Å². The Morgan fingerprint density at radius 2 is 1.64 bits per heavy atom. The van der Waals surface area contributed by atoms with Crippen LogP contribution in [-0.2, 0) is 0 Å². The number of nitrogens with one attached hydrogen (secondary N) is 1. The second-order valence-electron chi connectivity index (χ2n) is 8.61. The van der Waals surface area contributed by atoms with Gasteiger partial charge in [-0.25, -0.2) is 4.39 Å². The first kappa shape index (κ1) is 25.8. The van der Waals surface area contributed by atoms with E-state index < -0.39 is 0 Å². The molecule has 9 heteroatoms. The van der Waals surface area contributed by atoms with Gasteiger partial charge in [0.15, 0.2) is 11.5 Å². The summed E-state index contributed by atoms with van der Waals surface area (Å²) in [5.41, 5.74) is 1.05. The van der Waals surface area contributed by atoms with Crippen molar-refractivity contribution in [2.45, 2.75) is 19.0 Å². The van der Waals surface area contributed by atoms with Gasteiger partial charge in [-0.15, -0.1) is 11.3 Å². The zero-order chi connectivity index (χ0) is 25.7. The van der Waals surface area contributed by atoms with E-state index >= 15 is 0 Å². The Bertz CT molecular complexity index is 1140. The van der Waals surface area contributed by atoms with Crippen molar-refractivity contribution in [3.05, 3.63) is 70.2 Å². The molecule has 2 unspecified atom stereocenters. The molecule has 2 atom stereocenters. The first-order valence-corrected chi connectivity index (χ1v) is 12.7. The van der Waals surface area contributed by atoms with Crippen LogP contribution in [0.15, 0.2) is 53.9 Å². The number of halogens is 1. The molecular weight excluding hydrogens is 481 g/mol. The lowest BCUT2D eigenvalue weighted by Gasteiger charge is -2.42. The Hall–Kier alpha value is -3.30. The lowest BCUT2D eigenvalue weighted by atomic mass is 10.0. The van der Waals surface area contributed by atoms with E-state index in [1.54, 1.807) is 29.5 Å². The number of carbonyl (C=O) groups excluding carboxylic acids is 1. The monoisotopic (exact) mass is 513 g/mol. The summed E-state index contributed by atoms with van der Waals surface area (Å²) in [7, 11) is 4.57. The summed E-state index contributed by atoms with van der Waals surface area (Å²) < 4.78 is 30.5. The molecule has 1 aliphatic heterocycles. The summed E-state index contributed by atoms with van der Waals surface area (Å²) >= 11 is 1.67. The van der Waals surface area contributed by atoms with Crippen LogP contribution in [0.25, 0.3) is 0 Å². The molecule has 1 fully saturated rings. The molecule has 0 aliphatic carbocycles. The highest BCUT2D eigenvalue weighted by atomic mass is 32.1. The molecule has 1 aromatic heterocycles. The van der Waals surface area contributed by atoms with Crippen LogP contribution in [0.5, 0.6) is 17.2 Å². The van der Waals surface area contributed by atoms with E-state index in [1.807, 2.05) is 30.5 Å². The fraction of sp³-hybridized carbons (Fsp3) is 0.370. The molecule has 1 N–H and O–H groups in total. The summed E-state index contributed by atoms with van der Waals surface area (Å²) in [4.78, 5) is 18.9. The number of para-hydroxylation sites is 1. The number of thiophene rings is 1. The first-order chi connectivity index (χ1) is 17.5. The van der Waals surface area contributed by atoms with Crippen molar-refractivity contribution in [3.63, 3.8) is 0 Å². The van der Waals surface area contributed by atoms with Gasteiger partial charge >= 0.3 is 0 Å². The number of anilines is 1. The molecule has 3 aromatic rings. The first-order valence-electron chi connectivity index (χ1n) is 11.8. The maximum Gasteiger partial charge on any atom is 0.251 e. The summed E-state index contributed by atoms with van der Waals surface area (Å²) in [6, 6.07) is 14.1. The van der Waals surface area contributed by atoms with Gasteiger partial charge in [-0.05, 0) is 42.6 Å². The van der Waals surface area contributed by atoms with E-state index in [-0.39, 0.29) is 23.8 Å². The van der Waals surface area contributed by atoms with Crippen LogP contribution in [0, 0.1) is 5.82 Å². The van der Waals surface area contributed by atoms with E-state index in [0.717, 1.165) is 13.1 Å². The van der Waals surface area contributed by atoms with Gasteiger partial charge in [0, 0.05) is 42.7 Å². The molecule has 192 valence electrons. The van der Waals surface area contributed by atoms with Gasteiger partial charge in [0.05, 0.1) is 33.1 Å². The van der Waals surface area contributed by atoms with Gasteiger partial charge in [-0.1, -0.05) is 18.2 Å². The lowest BCUT2D eigenvalue weighted by Crippen LogP contribution is -2.52. The zero-order valence-electron chi connectivity index (χ0n) is 21.0. The van der Waals surface area contributed by atoms with Crippen LogP contribution in [0.3, 0.4) is 0 Å². The third kappa shape index (κ3) is 5.42. The Kier molecular flexibility index (Phi) is 8.32. The minimum Gasteiger partial charge on any atom is -0.493 e. The van der Waals surface area contributed by atoms with E-state index in [4.69, 9.17) is 14.2 Å². The number of piperazine rings is 1. The number of amides is 1. The largest absolute Gasteiger partial charge is 0.493 e. The Morgan fingerprint density at radius 1 is 0.972 bits per heavy atom. The van der Waals surface area contributed by atoms with Crippen molar-refractivity contribution in [1.82, 2.24) is 10.2 Å². The average Bonchev–Trinajstić information content (AvgIpc) is 3.43. The number of methoxy groups -OCH3 is 3. The topological polar surface area (TPSA) is 63.3 Å². The van der Waals surface area contributed by atoms with Crippen molar-refractivity contribution in [2.75, 3.05) is 52.4 Å². The second kappa shape index (κ2) is 11.6. The number of hydrogen-bond acceptors (Lipinski definition) is 7. The molecular formula is C27H32FN3O4S. The maximum absolute atomic E-state index is 14.3. The molecule has 7 nitrogen and oxygen atoms in total. The van der Waals surface area contributed by atoms with Gasteiger partial charge in [-0.3, -0.25) is 9.69 Å². The van der Waals surface area contributed by atoms with Crippen molar-refractivity contribution in [2.24, 2.45) is 0 Å². The van der Waals surface area contributed by atoms with Crippen LogP contribution in [0.2, 0.25) is 0 Å². The number of ether oxygens (including phenoxy) is 3. The Labute approximate surface area is 215 Å². The predicted octanol–water partition coefficient (Wildman–Crippen LogP) is 4.59. The average molecular weight is 514 g/mol. The molecule has 1 aliphatic rings. The van der Waals surface area contributed by atoms with Crippen LogP contribution < -0.4 is 24.4 Å². The Balaban J connectivity index is 1.51. The molecule has 2 heterocycles. The van der Waals surface area contributed by atoms with Crippen molar-refractivity contribution < 1.29 is 23.4 Å². The quantitative estimate of drug-likeness (QED) is 0.452. The van der Waals surface area contributed by atoms with Gasteiger partial charge in [0.25, 0.3) is 5.91 Å². The molecule has 2 aromatic carbocycles. The van der Waals surface area contributed by atoms with Gasteiger partial charge in [-0.2, -0.15) is 0 Å². The number of rotatable bonds is 9. The van der Waals surface area contributed by atoms with Crippen LogP contribution in [0.4, 0.5) is 10.1 Å². The number of nitrogens with zero attached hydrogens (tertiary/aromatic N) is 2. The van der Waals surface area contributed by atoms with Crippen molar-refractivity contribution in [1.29, 1.82) is 0 Å². The third-order valence-electron chi connectivity index (χ3n) is 6.49. The van der Waals surface area contributed by atoms with E-state index in [0.29, 0.717) is 41.6 Å². The SMILES string of the molecule is COc1cc(C(=O)NC(C)C(c2cccs2)N2CCN(c3ccccc3F)CC2)cc(OC)c1OC. The molecule has 4 rings (SSSR count). The highest BCUT2D eigenvalue weighted by molar-refractivity contribution is 7.10. The molecule has 0 saturated carbocycles. The fourth-order valence-corrected chi connectivity index (χ4v) is 5.70. The van der Waals surface area contributed by atoms with Crippen molar-refractivity contribution >= 4 is 22.9 Å². The number of benzene rings is 2. The molecule has 0 spiro atoms. The fourth-order valence-electron chi connectivity index (χ4n) is 4.73. The minimum absolute atomic E-state index is 0.0150. The summed E-state index contributed by atoms with van der Waals surface area (Å²) in [5, 5.41) is 5.22. The summed E-state index contributed by atoms with van der Waals surface area (Å²) in [6.07, 6.45) is 0. The number of carbonyl (C=O) groups is 1. The Morgan fingerprint density at radius 3 is 2.19 bits per heavy atom. The molecule has 0 bridgehead atoms. The molecule has 1 amide bonds. The standard InChI is InChI=1S/C27H32FN3O4S/c1-18(29-27(32)19-16-22(33-2)26(35-4)23(17-19)34-3)25(24-10-7-15-36-24)31-13-11-30(12-14-31)21-9-6-5-8-20(21)28/h5-10,15-18,25H,11-14H2,1-4H3,(H,29,32). The van der Waals surface area contributed by atoms with Gasteiger partial charge < -0.3 is 24.4 Å². The summed E-state index contributed by atoms with van der Waals surface area (Å²) in [6.45, 7) is 4.93. The molecule has 0 radical (unpaired) electrons. The summed E-state index contributed by atoms with van der Waals surface area (Å²) in [5.74, 6) is 0.858. The zero-order valence-corrected chi connectivity index (χ0v) is 21.8. The second-order valence-corrected chi connectivity index (χ2v) is 9.59. The van der Waals surface area contributed by atoms with Gasteiger partial charge in [0.1, 0.15) is 5.82 Å². The minimum atomic E-state index is -0.228. The van der Waals surface area contributed by atoms with Crippen LogP contribution in [-0.4, -0.2) is 64.4 Å². The van der Waals surface area contributed by atoms with Crippen molar-refractivity contribution in [3.8, 4) is 17.2 Å². The van der Waals surface area contributed by atoms with E-state index in [2.05, 4.69) is 21.2 Å².